The summed E-state index contributed by atoms with van der Waals surface area (Å²) in [5.74, 6) is -0.121. The van der Waals surface area contributed by atoms with Crippen molar-refractivity contribution in [2.24, 2.45) is 0 Å². The molecule has 0 N–H and O–H groups in total. The van der Waals surface area contributed by atoms with E-state index in [4.69, 9.17) is 0 Å². The fourth-order valence-electron chi connectivity index (χ4n) is 3.13. The van der Waals surface area contributed by atoms with Gasteiger partial charge >= 0.3 is 0 Å². The third kappa shape index (κ3) is 3.88. The Kier molecular flexibility index (Phi) is 6.03. The molecule has 0 aromatic carbocycles. The molecule has 3 rings (SSSR count). The predicted molar refractivity (Wildman–Crippen MR) is 107 cm³/mol. The maximum absolute atomic E-state index is 13.0. The van der Waals surface area contributed by atoms with Crippen LogP contribution in [0, 0.1) is 0 Å². The molecule has 3 heterocycles. The Morgan fingerprint density at radius 1 is 1.04 bits per heavy atom. The number of amides is 2. The summed E-state index contributed by atoms with van der Waals surface area (Å²) in [6, 6.07) is 9.36. The Balaban J connectivity index is 1.87. The normalized spacial score (nSPS) is 10.8. The van der Waals surface area contributed by atoms with Gasteiger partial charge in [0.2, 0.25) is 5.82 Å². The molecule has 7 heteroatoms. The van der Waals surface area contributed by atoms with Crippen molar-refractivity contribution >= 4 is 17.3 Å². The fourth-order valence-corrected chi connectivity index (χ4v) is 3.13. The van der Waals surface area contributed by atoms with Gasteiger partial charge in [-0.3, -0.25) is 19.0 Å². The molecule has 0 aliphatic carbocycles. The first-order valence-electron chi connectivity index (χ1n) is 9.47. The number of hydrogen-bond acceptors (Lipinski definition) is 4. The van der Waals surface area contributed by atoms with Crippen molar-refractivity contribution in [1.82, 2.24) is 24.2 Å². The monoisotopic (exact) mass is 379 g/mol. The van der Waals surface area contributed by atoms with Gasteiger partial charge in [-0.2, -0.15) is 0 Å². The molecule has 0 aliphatic heterocycles. The second-order valence-corrected chi connectivity index (χ2v) is 6.55. The molecule has 0 bridgehead atoms. The SMILES string of the molecule is CCN(CC)C(=O)c1nc(C(=O)N(C)CCc2ccncc2)n2ccccc12. The van der Waals surface area contributed by atoms with Crippen LogP contribution in [0.25, 0.3) is 5.52 Å². The number of likely N-dealkylation sites (N-methyl/N-ethyl adjacent to an activating group) is 1. The van der Waals surface area contributed by atoms with Gasteiger partial charge in [0.05, 0.1) is 5.52 Å². The summed E-state index contributed by atoms with van der Waals surface area (Å²) in [6.07, 6.45) is 5.97. The number of carbonyl (C=O) groups is 2. The van der Waals surface area contributed by atoms with Gasteiger partial charge in [-0.15, -0.1) is 0 Å². The fraction of sp³-hybridized carbons (Fsp3) is 0.333. The number of aromatic nitrogens is 3. The largest absolute Gasteiger partial charge is 0.339 e. The number of fused-ring (bicyclic) bond motifs is 1. The van der Waals surface area contributed by atoms with Crippen molar-refractivity contribution in [1.29, 1.82) is 0 Å². The van der Waals surface area contributed by atoms with Crippen molar-refractivity contribution in [3.8, 4) is 0 Å². The van der Waals surface area contributed by atoms with Gasteiger partial charge in [0, 0.05) is 45.3 Å². The Morgan fingerprint density at radius 2 is 1.75 bits per heavy atom. The highest BCUT2D eigenvalue weighted by Gasteiger charge is 2.25. The summed E-state index contributed by atoms with van der Waals surface area (Å²) in [4.78, 5) is 37.7. The van der Waals surface area contributed by atoms with E-state index in [1.165, 1.54) is 0 Å². The van der Waals surface area contributed by atoms with Crippen molar-refractivity contribution in [3.05, 3.63) is 66.0 Å². The van der Waals surface area contributed by atoms with Crippen LogP contribution in [-0.2, 0) is 6.42 Å². The van der Waals surface area contributed by atoms with Crippen LogP contribution in [0.4, 0.5) is 0 Å². The molecule has 0 atom stereocenters. The van der Waals surface area contributed by atoms with Crippen molar-refractivity contribution in [2.45, 2.75) is 20.3 Å². The van der Waals surface area contributed by atoms with Crippen LogP contribution in [0.3, 0.4) is 0 Å². The number of nitrogens with zero attached hydrogens (tertiary/aromatic N) is 5. The molecular weight excluding hydrogens is 354 g/mol. The van der Waals surface area contributed by atoms with Gasteiger partial charge in [0.25, 0.3) is 11.8 Å². The zero-order chi connectivity index (χ0) is 20.1. The van der Waals surface area contributed by atoms with Crippen LogP contribution in [0.2, 0.25) is 0 Å². The summed E-state index contributed by atoms with van der Waals surface area (Å²) in [6.45, 7) is 5.59. The molecule has 146 valence electrons. The van der Waals surface area contributed by atoms with Crippen molar-refractivity contribution in [2.75, 3.05) is 26.7 Å². The highest BCUT2D eigenvalue weighted by molar-refractivity contribution is 6.02. The lowest BCUT2D eigenvalue weighted by Gasteiger charge is -2.17. The van der Waals surface area contributed by atoms with Gasteiger partial charge in [0.1, 0.15) is 0 Å². The topological polar surface area (TPSA) is 70.8 Å². The lowest BCUT2D eigenvalue weighted by molar-refractivity contribution is 0.0769. The smallest absolute Gasteiger partial charge is 0.290 e. The minimum absolute atomic E-state index is 0.160. The van der Waals surface area contributed by atoms with Crippen LogP contribution >= 0.6 is 0 Å². The van der Waals surface area contributed by atoms with E-state index in [9.17, 15) is 9.59 Å². The lowest BCUT2D eigenvalue weighted by atomic mass is 10.2. The van der Waals surface area contributed by atoms with Gasteiger partial charge in [-0.25, -0.2) is 4.98 Å². The Morgan fingerprint density at radius 3 is 2.43 bits per heavy atom. The van der Waals surface area contributed by atoms with Gasteiger partial charge in [-0.1, -0.05) is 6.07 Å². The van der Waals surface area contributed by atoms with E-state index < -0.39 is 0 Å². The average Bonchev–Trinajstić information content (AvgIpc) is 3.12. The van der Waals surface area contributed by atoms with Gasteiger partial charge < -0.3 is 9.80 Å². The number of rotatable bonds is 7. The molecule has 0 aliphatic rings. The summed E-state index contributed by atoms with van der Waals surface area (Å²) >= 11 is 0. The molecule has 0 spiro atoms. The second-order valence-electron chi connectivity index (χ2n) is 6.55. The minimum atomic E-state index is -0.214. The second kappa shape index (κ2) is 8.65. The third-order valence-corrected chi connectivity index (χ3v) is 4.82. The van der Waals surface area contributed by atoms with Gasteiger partial charge in [0.15, 0.2) is 5.69 Å². The van der Waals surface area contributed by atoms with Gasteiger partial charge in [-0.05, 0) is 50.1 Å². The number of imidazole rings is 1. The van der Waals surface area contributed by atoms with E-state index in [-0.39, 0.29) is 17.6 Å². The summed E-state index contributed by atoms with van der Waals surface area (Å²) in [5, 5.41) is 0. The van der Waals surface area contributed by atoms with Crippen LogP contribution in [0.15, 0.2) is 48.9 Å². The van der Waals surface area contributed by atoms with E-state index in [0.717, 1.165) is 12.0 Å². The quantitative estimate of drug-likeness (QED) is 0.632. The van der Waals surface area contributed by atoms with E-state index in [0.29, 0.717) is 30.8 Å². The number of pyridine rings is 2. The maximum atomic E-state index is 13.0. The van der Waals surface area contributed by atoms with Crippen molar-refractivity contribution < 1.29 is 9.59 Å². The molecular formula is C21H25N5O2. The first-order chi connectivity index (χ1) is 13.6. The first-order valence-corrected chi connectivity index (χ1v) is 9.47. The average molecular weight is 379 g/mol. The molecule has 0 radical (unpaired) electrons. The molecule has 28 heavy (non-hydrogen) atoms. The predicted octanol–water partition coefficient (Wildman–Crippen LogP) is 2.53. The van der Waals surface area contributed by atoms with E-state index in [2.05, 4.69) is 9.97 Å². The molecule has 3 aromatic rings. The zero-order valence-corrected chi connectivity index (χ0v) is 16.5. The molecule has 0 fully saturated rings. The molecule has 3 aromatic heterocycles. The first kappa shape index (κ1) is 19.5. The standard InChI is InChI=1S/C21H25N5O2/c1-4-25(5-2)20(27)18-17-8-6-7-14-26(17)19(23-18)21(28)24(3)15-11-16-9-12-22-13-10-16/h6-10,12-14H,4-5,11,15H2,1-3H3. The van der Waals surface area contributed by atoms with Crippen LogP contribution in [0.5, 0.6) is 0 Å². The Labute approximate surface area is 164 Å². The maximum Gasteiger partial charge on any atom is 0.290 e. The summed E-state index contributed by atoms with van der Waals surface area (Å²) < 4.78 is 1.70. The summed E-state index contributed by atoms with van der Waals surface area (Å²) in [5.41, 5.74) is 2.07. The molecule has 7 nitrogen and oxygen atoms in total. The van der Waals surface area contributed by atoms with Crippen LogP contribution in [0.1, 0.15) is 40.5 Å². The number of carbonyl (C=O) groups excluding carboxylic acids is 2. The number of hydrogen-bond donors (Lipinski definition) is 0. The zero-order valence-electron chi connectivity index (χ0n) is 16.5. The van der Waals surface area contributed by atoms with Crippen LogP contribution in [-0.4, -0.2) is 62.7 Å². The molecule has 0 saturated heterocycles. The third-order valence-electron chi connectivity index (χ3n) is 4.82. The van der Waals surface area contributed by atoms with E-state index >= 15 is 0 Å². The minimum Gasteiger partial charge on any atom is -0.339 e. The van der Waals surface area contributed by atoms with Crippen molar-refractivity contribution in [3.63, 3.8) is 0 Å². The van der Waals surface area contributed by atoms with Crippen LogP contribution < -0.4 is 0 Å². The Hall–Kier alpha value is -3.22. The Bertz CT molecular complexity index is 963. The molecule has 2 amide bonds. The molecule has 0 unspecified atom stereocenters. The lowest BCUT2D eigenvalue weighted by Crippen LogP contribution is -2.31. The highest BCUT2D eigenvalue weighted by atomic mass is 16.2. The summed E-state index contributed by atoms with van der Waals surface area (Å²) in [7, 11) is 1.75. The van der Waals surface area contributed by atoms with E-state index in [1.54, 1.807) is 39.8 Å². The van der Waals surface area contributed by atoms with E-state index in [1.807, 2.05) is 44.2 Å². The highest BCUT2D eigenvalue weighted by Crippen LogP contribution is 2.17. The molecule has 0 saturated carbocycles.